The van der Waals surface area contributed by atoms with E-state index in [9.17, 15) is 4.79 Å². The van der Waals surface area contributed by atoms with Crippen molar-refractivity contribution in [2.24, 2.45) is 0 Å². The molecule has 0 aliphatic rings. The summed E-state index contributed by atoms with van der Waals surface area (Å²) in [5, 5.41) is 0.620. The molecule has 0 amide bonds. The molecule has 0 radical (unpaired) electrons. The number of hydrogen-bond donors (Lipinski definition) is 0. The summed E-state index contributed by atoms with van der Waals surface area (Å²) in [5.74, 6) is 0.711. The number of rotatable bonds is 4. The van der Waals surface area contributed by atoms with Crippen LogP contribution in [-0.4, -0.2) is 13.4 Å². The van der Waals surface area contributed by atoms with Crippen molar-refractivity contribution in [2.75, 3.05) is 7.11 Å². The SMILES string of the molecule is COc1cc(Cl)cc(C=CCC=O)c1. The molecule has 1 rings (SSSR count). The first-order valence-electron chi connectivity index (χ1n) is 4.21. The number of carbonyl (C=O) groups excluding carboxylic acids is 1. The molecular weight excluding hydrogens is 200 g/mol. The Morgan fingerprint density at radius 2 is 2.21 bits per heavy atom. The number of benzene rings is 1. The van der Waals surface area contributed by atoms with Crippen LogP contribution in [-0.2, 0) is 4.79 Å². The van der Waals surface area contributed by atoms with Crippen molar-refractivity contribution >= 4 is 24.0 Å². The number of ether oxygens (including phenoxy) is 1. The molecule has 1 aromatic rings. The van der Waals surface area contributed by atoms with Crippen molar-refractivity contribution in [3.05, 3.63) is 34.9 Å². The van der Waals surface area contributed by atoms with E-state index in [1.165, 1.54) is 0 Å². The molecule has 14 heavy (non-hydrogen) atoms. The summed E-state index contributed by atoms with van der Waals surface area (Å²) in [6.45, 7) is 0. The van der Waals surface area contributed by atoms with Crippen LogP contribution >= 0.6 is 11.6 Å². The Bertz CT molecular complexity index is 345. The van der Waals surface area contributed by atoms with Gasteiger partial charge in [-0.15, -0.1) is 0 Å². The minimum atomic E-state index is 0.412. The van der Waals surface area contributed by atoms with Gasteiger partial charge in [0.2, 0.25) is 0 Å². The minimum Gasteiger partial charge on any atom is -0.497 e. The summed E-state index contributed by atoms with van der Waals surface area (Å²) in [4.78, 5) is 10.1. The highest BCUT2D eigenvalue weighted by Crippen LogP contribution is 2.21. The first-order valence-corrected chi connectivity index (χ1v) is 4.59. The second-order valence-corrected chi connectivity index (χ2v) is 3.17. The predicted octanol–water partition coefficient (Wildman–Crippen LogP) is 2.95. The van der Waals surface area contributed by atoms with Crippen LogP contribution in [0, 0.1) is 0 Å². The van der Waals surface area contributed by atoms with Gasteiger partial charge in [-0.05, 0) is 23.8 Å². The standard InChI is InChI=1S/C11H11ClO2/c1-14-11-7-9(4-2-3-5-13)6-10(12)8-11/h2,4-8H,3H2,1H3. The summed E-state index contributed by atoms with van der Waals surface area (Å²) in [7, 11) is 1.59. The van der Waals surface area contributed by atoms with Crippen LogP contribution in [0.15, 0.2) is 24.3 Å². The van der Waals surface area contributed by atoms with E-state index >= 15 is 0 Å². The van der Waals surface area contributed by atoms with Crippen LogP contribution in [0.5, 0.6) is 5.75 Å². The third-order valence-electron chi connectivity index (χ3n) is 1.67. The van der Waals surface area contributed by atoms with Gasteiger partial charge in [-0.25, -0.2) is 0 Å². The van der Waals surface area contributed by atoms with Gasteiger partial charge in [0.15, 0.2) is 0 Å². The van der Waals surface area contributed by atoms with Crippen molar-refractivity contribution in [3.8, 4) is 5.75 Å². The van der Waals surface area contributed by atoms with E-state index in [2.05, 4.69) is 0 Å². The smallest absolute Gasteiger partial charge is 0.123 e. The molecule has 3 heteroatoms. The van der Waals surface area contributed by atoms with Crippen LogP contribution in [0.3, 0.4) is 0 Å². The van der Waals surface area contributed by atoms with Gasteiger partial charge in [0, 0.05) is 11.4 Å². The van der Waals surface area contributed by atoms with Crippen LogP contribution < -0.4 is 4.74 Å². The van der Waals surface area contributed by atoms with Crippen LogP contribution in [0.1, 0.15) is 12.0 Å². The van der Waals surface area contributed by atoms with E-state index in [0.717, 1.165) is 11.8 Å². The highest BCUT2D eigenvalue weighted by Gasteiger charge is 1.96. The fourth-order valence-electron chi connectivity index (χ4n) is 1.06. The Balaban J connectivity index is 2.86. The number of halogens is 1. The van der Waals surface area contributed by atoms with Gasteiger partial charge in [-0.1, -0.05) is 23.8 Å². The maximum Gasteiger partial charge on any atom is 0.123 e. The molecule has 0 atom stereocenters. The monoisotopic (exact) mass is 210 g/mol. The van der Waals surface area contributed by atoms with Gasteiger partial charge >= 0.3 is 0 Å². The zero-order valence-electron chi connectivity index (χ0n) is 7.87. The number of methoxy groups -OCH3 is 1. The highest BCUT2D eigenvalue weighted by atomic mass is 35.5. The second kappa shape index (κ2) is 5.45. The molecule has 0 N–H and O–H groups in total. The lowest BCUT2D eigenvalue weighted by molar-refractivity contribution is -0.107. The van der Waals surface area contributed by atoms with E-state index in [1.807, 2.05) is 18.2 Å². The molecule has 74 valence electrons. The Labute approximate surface area is 88.1 Å². The molecule has 1 aromatic carbocycles. The quantitative estimate of drug-likeness (QED) is 0.715. The lowest BCUT2D eigenvalue weighted by atomic mass is 10.2. The number of carbonyl (C=O) groups is 1. The average molecular weight is 211 g/mol. The molecule has 0 aliphatic carbocycles. The maximum absolute atomic E-state index is 10.1. The third-order valence-corrected chi connectivity index (χ3v) is 1.89. The van der Waals surface area contributed by atoms with Gasteiger partial charge in [-0.3, -0.25) is 0 Å². The molecule has 0 saturated heterocycles. The summed E-state index contributed by atoms with van der Waals surface area (Å²) in [6.07, 6.45) is 4.87. The molecular formula is C11H11ClO2. The second-order valence-electron chi connectivity index (χ2n) is 2.73. The molecule has 0 aromatic heterocycles. The van der Waals surface area contributed by atoms with Gasteiger partial charge < -0.3 is 9.53 Å². The molecule has 0 spiro atoms. The third kappa shape index (κ3) is 3.23. The summed E-state index contributed by atoms with van der Waals surface area (Å²) in [6, 6.07) is 5.40. The zero-order valence-corrected chi connectivity index (χ0v) is 8.62. The zero-order chi connectivity index (χ0) is 10.4. The summed E-state index contributed by atoms with van der Waals surface area (Å²) < 4.78 is 5.05. The largest absolute Gasteiger partial charge is 0.497 e. The fraction of sp³-hybridized carbons (Fsp3) is 0.182. The van der Waals surface area contributed by atoms with Gasteiger partial charge in [-0.2, -0.15) is 0 Å². The van der Waals surface area contributed by atoms with Crippen molar-refractivity contribution in [2.45, 2.75) is 6.42 Å². The van der Waals surface area contributed by atoms with Gasteiger partial charge in [0.25, 0.3) is 0 Å². The minimum absolute atomic E-state index is 0.412. The van der Waals surface area contributed by atoms with E-state index in [0.29, 0.717) is 17.2 Å². The first kappa shape index (κ1) is 10.8. The van der Waals surface area contributed by atoms with E-state index in [1.54, 1.807) is 19.3 Å². The van der Waals surface area contributed by atoms with Gasteiger partial charge in [0.05, 0.1) is 7.11 Å². The summed E-state index contributed by atoms with van der Waals surface area (Å²) >= 11 is 5.86. The molecule has 2 nitrogen and oxygen atoms in total. The van der Waals surface area contributed by atoms with Crippen molar-refractivity contribution in [3.63, 3.8) is 0 Å². The molecule has 0 saturated carbocycles. The Kier molecular flexibility index (Phi) is 4.20. The van der Waals surface area contributed by atoms with Crippen molar-refractivity contribution in [1.29, 1.82) is 0 Å². The highest BCUT2D eigenvalue weighted by molar-refractivity contribution is 6.30. The van der Waals surface area contributed by atoms with Crippen molar-refractivity contribution < 1.29 is 9.53 Å². The fourth-order valence-corrected chi connectivity index (χ4v) is 1.29. The number of hydrogen-bond acceptors (Lipinski definition) is 2. The summed E-state index contributed by atoms with van der Waals surface area (Å²) in [5.41, 5.74) is 0.927. The van der Waals surface area contributed by atoms with E-state index in [4.69, 9.17) is 16.3 Å². The Hall–Kier alpha value is -1.28. The maximum atomic E-state index is 10.1. The molecule has 0 heterocycles. The topological polar surface area (TPSA) is 26.3 Å². The molecule has 0 unspecified atom stereocenters. The van der Waals surface area contributed by atoms with E-state index < -0.39 is 0 Å². The Morgan fingerprint density at radius 3 is 2.86 bits per heavy atom. The first-order chi connectivity index (χ1) is 6.76. The van der Waals surface area contributed by atoms with Crippen molar-refractivity contribution in [1.82, 2.24) is 0 Å². The Morgan fingerprint density at radius 1 is 1.43 bits per heavy atom. The molecule has 0 bridgehead atoms. The number of allylic oxidation sites excluding steroid dienone is 1. The molecule has 0 fully saturated rings. The van der Waals surface area contributed by atoms with Crippen LogP contribution in [0.2, 0.25) is 5.02 Å². The predicted molar refractivity (Wildman–Crippen MR) is 57.7 cm³/mol. The normalized spacial score (nSPS) is 10.4. The van der Waals surface area contributed by atoms with Crippen LogP contribution in [0.4, 0.5) is 0 Å². The number of aldehydes is 1. The lowest BCUT2D eigenvalue weighted by Crippen LogP contribution is -1.83. The lowest BCUT2D eigenvalue weighted by Gasteiger charge is -2.01. The van der Waals surface area contributed by atoms with E-state index in [-0.39, 0.29) is 0 Å². The van der Waals surface area contributed by atoms with Crippen LogP contribution in [0.25, 0.3) is 6.08 Å². The van der Waals surface area contributed by atoms with Gasteiger partial charge in [0.1, 0.15) is 12.0 Å². The molecule has 0 aliphatic heterocycles. The average Bonchev–Trinajstić information content (AvgIpc) is 2.17.